The summed E-state index contributed by atoms with van der Waals surface area (Å²) in [7, 11) is -1.65. The van der Waals surface area contributed by atoms with E-state index in [2.05, 4.69) is 10.2 Å². The number of hydrogen-bond donors (Lipinski definition) is 1. The summed E-state index contributed by atoms with van der Waals surface area (Å²) in [6.07, 6.45) is 0.226. The molecule has 2 heterocycles. The lowest BCUT2D eigenvalue weighted by atomic mass is 10.1. The average Bonchev–Trinajstić information content (AvgIpc) is 3.01. The van der Waals surface area contributed by atoms with Crippen molar-refractivity contribution in [3.63, 3.8) is 0 Å². The van der Waals surface area contributed by atoms with Crippen molar-refractivity contribution in [3.05, 3.63) is 59.7 Å². The fraction of sp³-hybridized carbons (Fsp3) is 0.316. The number of nitrogens with one attached hydrogen (secondary N) is 1. The lowest BCUT2D eigenvalue weighted by molar-refractivity contribution is -0.115. The highest BCUT2D eigenvalue weighted by molar-refractivity contribution is 7.89. The second kappa shape index (κ2) is 6.50. The molecular formula is C19H21N3O3S. The molecule has 0 aromatic heterocycles. The molecule has 4 rings (SSSR count). The van der Waals surface area contributed by atoms with Gasteiger partial charge in [0.25, 0.3) is 0 Å². The summed E-state index contributed by atoms with van der Waals surface area (Å²) in [6, 6.07) is 14.4. The molecule has 26 heavy (non-hydrogen) atoms. The van der Waals surface area contributed by atoms with Crippen LogP contribution < -0.4 is 5.32 Å². The summed E-state index contributed by atoms with van der Waals surface area (Å²) >= 11 is 0. The molecule has 2 aromatic rings. The van der Waals surface area contributed by atoms with Gasteiger partial charge in [0.1, 0.15) is 0 Å². The monoisotopic (exact) mass is 371 g/mol. The van der Waals surface area contributed by atoms with Crippen molar-refractivity contribution in [2.45, 2.75) is 17.4 Å². The topological polar surface area (TPSA) is 69.7 Å². The molecule has 136 valence electrons. The van der Waals surface area contributed by atoms with Crippen molar-refractivity contribution in [1.82, 2.24) is 9.21 Å². The fourth-order valence-corrected chi connectivity index (χ4v) is 5.29. The number of nitrogens with zero attached hydrogens (tertiary/aromatic N) is 2. The zero-order valence-electron chi connectivity index (χ0n) is 14.6. The number of amides is 1. The van der Waals surface area contributed by atoms with Crippen molar-refractivity contribution in [1.29, 1.82) is 0 Å². The second-order valence-corrected chi connectivity index (χ2v) is 8.74. The van der Waals surface area contributed by atoms with Crippen LogP contribution in [0.5, 0.6) is 0 Å². The Bertz CT molecular complexity index is 944. The first-order valence-electron chi connectivity index (χ1n) is 8.63. The molecule has 2 aromatic carbocycles. The maximum absolute atomic E-state index is 13.4. The number of likely N-dealkylation sites (N-methyl/N-ethyl adjacent to an activating group) is 1. The predicted octanol–water partition coefficient (Wildman–Crippen LogP) is 1.86. The van der Waals surface area contributed by atoms with Crippen LogP contribution in [0.25, 0.3) is 0 Å². The van der Waals surface area contributed by atoms with Crippen LogP contribution in [0, 0.1) is 0 Å². The lowest BCUT2D eigenvalue weighted by Gasteiger charge is -2.39. The van der Waals surface area contributed by atoms with Gasteiger partial charge < -0.3 is 10.2 Å². The molecule has 0 spiro atoms. The summed E-state index contributed by atoms with van der Waals surface area (Å²) in [5, 5.41) is 2.74. The zero-order valence-corrected chi connectivity index (χ0v) is 15.4. The van der Waals surface area contributed by atoms with Crippen molar-refractivity contribution >= 4 is 21.6 Å². The zero-order chi connectivity index (χ0) is 18.3. The number of piperazine rings is 1. The quantitative estimate of drug-likeness (QED) is 0.894. The Hall–Kier alpha value is -2.22. The molecule has 6 nitrogen and oxygen atoms in total. The molecule has 7 heteroatoms. The van der Waals surface area contributed by atoms with Crippen LogP contribution in [0.15, 0.2) is 53.4 Å². The van der Waals surface area contributed by atoms with E-state index in [0.717, 1.165) is 11.1 Å². The minimum absolute atomic E-state index is 0.101. The third-order valence-corrected chi connectivity index (χ3v) is 6.93. The van der Waals surface area contributed by atoms with E-state index in [1.807, 2.05) is 37.4 Å². The van der Waals surface area contributed by atoms with E-state index >= 15 is 0 Å². The summed E-state index contributed by atoms with van der Waals surface area (Å²) in [6.45, 7) is 1.77. The van der Waals surface area contributed by atoms with E-state index in [-0.39, 0.29) is 23.3 Å². The lowest BCUT2D eigenvalue weighted by Crippen LogP contribution is -2.49. The Balaban J connectivity index is 1.72. The second-order valence-electron chi connectivity index (χ2n) is 6.85. The molecule has 1 fully saturated rings. The summed E-state index contributed by atoms with van der Waals surface area (Å²) in [5.41, 5.74) is 2.43. The van der Waals surface area contributed by atoms with Gasteiger partial charge >= 0.3 is 0 Å². The first-order valence-corrected chi connectivity index (χ1v) is 10.1. The van der Waals surface area contributed by atoms with Gasteiger partial charge in [-0.1, -0.05) is 30.3 Å². The van der Waals surface area contributed by atoms with Crippen LogP contribution in [0.2, 0.25) is 0 Å². The third kappa shape index (κ3) is 3.02. The molecule has 2 aliphatic rings. The molecule has 0 radical (unpaired) electrons. The van der Waals surface area contributed by atoms with E-state index in [1.165, 1.54) is 0 Å². The SMILES string of the molecule is CN1CCN(S(=O)(=O)c2ccc3c(c2)CC(=O)N3)C(c2ccccc2)C1. The van der Waals surface area contributed by atoms with Gasteiger partial charge in [-0.3, -0.25) is 4.79 Å². The van der Waals surface area contributed by atoms with Gasteiger partial charge in [-0.15, -0.1) is 0 Å². The predicted molar refractivity (Wildman–Crippen MR) is 99.3 cm³/mol. The molecule has 1 atom stereocenters. The van der Waals surface area contributed by atoms with E-state index < -0.39 is 10.0 Å². The normalized spacial score (nSPS) is 21.4. The average molecular weight is 371 g/mol. The van der Waals surface area contributed by atoms with Crippen molar-refractivity contribution in [2.75, 3.05) is 32.0 Å². The van der Waals surface area contributed by atoms with Crippen LogP contribution in [0.1, 0.15) is 17.2 Å². The molecular weight excluding hydrogens is 350 g/mol. The van der Waals surface area contributed by atoms with Crippen LogP contribution in [-0.2, 0) is 21.2 Å². The Morgan fingerprint density at radius 2 is 1.85 bits per heavy atom. The molecule has 0 bridgehead atoms. The number of benzene rings is 2. The van der Waals surface area contributed by atoms with E-state index in [4.69, 9.17) is 0 Å². The number of fused-ring (bicyclic) bond motifs is 1. The van der Waals surface area contributed by atoms with Crippen LogP contribution >= 0.6 is 0 Å². The summed E-state index contributed by atoms with van der Waals surface area (Å²) < 4.78 is 28.3. The maximum Gasteiger partial charge on any atom is 0.243 e. The van der Waals surface area contributed by atoms with Crippen LogP contribution in [0.4, 0.5) is 5.69 Å². The number of carbonyl (C=O) groups excluding carboxylic acids is 1. The molecule has 0 aliphatic carbocycles. The first-order chi connectivity index (χ1) is 12.4. The van der Waals surface area contributed by atoms with Gasteiger partial charge in [0.05, 0.1) is 17.4 Å². The van der Waals surface area contributed by atoms with Gasteiger partial charge in [0.2, 0.25) is 15.9 Å². The maximum atomic E-state index is 13.4. The Kier molecular flexibility index (Phi) is 4.30. The van der Waals surface area contributed by atoms with Crippen molar-refractivity contribution < 1.29 is 13.2 Å². The largest absolute Gasteiger partial charge is 0.326 e. The standard InChI is InChI=1S/C19H21N3O3S/c1-21-9-10-22(18(13-21)14-5-3-2-4-6-14)26(24,25)16-7-8-17-15(11-16)12-19(23)20-17/h2-8,11,18H,9-10,12-13H2,1H3,(H,20,23). The summed E-state index contributed by atoms with van der Waals surface area (Å²) in [5.74, 6) is -0.101. The van der Waals surface area contributed by atoms with Gasteiger partial charge in [-0.2, -0.15) is 4.31 Å². The highest BCUT2D eigenvalue weighted by Gasteiger charge is 2.36. The number of rotatable bonds is 3. The van der Waals surface area contributed by atoms with E-state index in [9.17, 15) is 13.2 Å². The smallest absolute Gasteiger partial charge is 0.243 e. The number of carbonyl (C=O) groups is 1. The van der Waals surface area contributed by atoms with E-state index in [0.29, 0.717) is 25.3 Å². The van der Waals surface area contributed by atoms with E-state index in [1.54, 1.807) is 22.5 Å². The van der Waals surface area contributed by atoms with Crippen LogP contribution in [-0.4, -0.2) is 50.2 Å². The Labute approximate surface area is 153 Å². The molecule has 1 unspecified atom stereocenters. The van der Waals surface area contributed by atoms with Crippen LogP contribution in [0.3, 0.4) is 0 Å². The highest BCUT2D eigenvalue weighted by atomic mass is 32.2. The molecule has 1 amide bonds. The molecule has 1 saturated heterocycles. The molecule has 0 saturated carbocycles. The highest BCUT2D eigenvalue weighted by Crippen LogP contribution is 2.33. The third-order valence-electron chi connectivity index (χ3n) is 5.03. The van der Waals surface area contributed by atoms with Gasteiger partial charge in [-0.25, -0.2) is 8.42 Å². The van der Waals surface area contributed by atoms with Crippen molar-refractivity contribution in [2.24, 2.45) is 0 Å². The first kappa shape index (κ1) is 17.2. The Morgan fingerprint density at radius 3 is 2.62 bits per heavy atom. The number of hydrogen-bond acceptors (Lipinski definition) is 4. The Morgan fingerprint density at radius 1 is 1.08 bits per heavy atom. The van der Waals surface area contributed by atoms with Crippen molar-refractivity contribution in [3.8, 4) is 0 Å². The fourth-order valence-electron chi connectivity index (χ4n) is 3.64. The van der Waals surface area contributed by atoms with Gasteiger partial charge in [0.15, 0.2) is 0 Å². The van der Waals surface area contributed by atoms with Gasteiger partial charge in [-0.05, 0) is 36.4 Å². The molecule has 2 aliphatic heterocycles. The summed E-state index contributed by atoms with van der Waals surface area (Å²) in [4.78, 5) is 14.0. The number of anilines is 1. The van der Waals surface area contributed by atoms with Gasteiger partial charge in [0, 0.05) is 25.3 Å². The number of sulfonamides is 1. The molecule has 1 N–H and O–H groups in total. The minimum Gasteiger partial charge on any atom is -0.326 e. The minimum atomic E-state index is -3.65.